The Balaban J connectivity index is 3.14. The van der Waals surface area contributed by atoms with E-state index in [9.17, 15) is 13.9 Å². The molecule has 76 valence electrons. The number of alkyl halides is 2. The molecule has 1 aromatic rings. The van der Waals surface area contributed by atoms with Crippen molar-refractivity contribution in [3.63, 3.8) is 0 Å². The standard InChI is InChI=1S/C11H12F2O/c1-3-11(12,13)10(2,14)9-7-5-4-6-8-9/h3-8,14H,1H2,2H3. The van der Waals surface area contributed by atoms with Gasteiger partial charge in [-0.25, -0.2) is 0 Å². The molecule has 1 unspecified atom stereocenters. The van der Waals surface area contributed by atoms with E-state index in [1.54, 1.807) is 18.2 Å². The molecule has 0 heterocycles. The zero-order valence-corrected chi connectivity index (χ0v) is 7.87. The fourth-order valence-electron chi connectivity index (χ4n) is 1.15. The van der Waals surface area contributed by atoms with Crippen LogP contribution in [0.4, 0.5) is 8.78 Å². The van der Waals surface area contributed by atoms with Crippen LogP contribution in [-0.4, -0.2) is 11.0 Å². The van der Waals surface area contributed by atoms with Gasteiger partial charge in [-0.3, -0.25) is 0 Å². The van der Waals surface area contributed by atoms with Gasteiger partial charge in [-0.15, -0.1) is 0 Å². The van der Waals surface area contributed by atoms with Crippen LogP contribution in [0.5, 0.6) is 0 Å². The maximum absolute atomic E-state index is 13.2. The molecule has 0 aliphatic rings. The van der Waals surface area contributed by atoms with Crippen molar-refractivity contribution in [1.29, 1.82) is 0 Å². The highest BCUT2D eigenvalue weighted by atomic mass is 19.3. The summed E-state index contributed by atoms with van der Waals surface area (Å²) >= 11 is 0. The van der Waals surface area contributed by atoms with Crippen LogP contribution in [0, 0.1) is 0 Å². The summed E-state index contributed by atoms with van der Waals surface area (Å²) < 4.78 is 26.5. The Morgan fingerprint density at radius 2 is 1.79 bits per heavy atom. The van der Waals surface area contributed by atoms with Crippen molar-refractivity contribution in [3.05, 3.63) is 48.6 Å². The molecule has 0 saturated carbocycles. The van der Waals surface area contributed by atoms with Crippen molar-refractivity contribution >= 4 is 0 Å². The van der Waals surface area contributed by atoms with Crippen LogP contribution >= 0.6 is 0 Å². The van der Waals surface area contributed by atoms with Gasteiger partial charge < -0.3 is 5.11 Å². The van der Waals surface area contributed by atoms with Crippen molar-refractivity contribution < 1.29 is 13.9 Å². The average molecular weight is 198 g/mol. The molecule has 0 spiro atoms. The number of hydrogen-bond acceptors (Lipinski definition) is 1. The van der Waals surface area contributed by atoms with E-state index in [2.05, 4.69) is 6.58 Å². The third-order valence-corrected chi connectivity index (χ3v) is 2.24. The van der Waals surface area contributed by atoms with E-state index in [1.807, 2.05) is 0 Å². The zero-order chi connectivity index (χ0) is 10.8. The predicted octanol–water partition coefficient (Wildman–Crippen LogP) is 2.72. The predicted molar refractivity (Wildman–Crippen MR) is 51.2 cm³/mol. The summed E-state index contributed by atoms with van der Waals surface area (Å²) in [6.07, 6.45) is 0.458. The number of aliphatic hydroxyl groups is 1. The molecular formula is C11H12F2O. The fraction of sp³-hybridized carbons (Fsp3) is 0.273. The van der Waals surface area contributed by atoms with E-state index < -0.39 is 11.5 Å². The molecule has 1 rings (SSSR count). The molecule has 0 saturated heterocycles. The van der Waals surface area contributed by atoms with Crippen molar-refractivity contribution in [1.82, 2.24) is 0 Å². The maximum atomic E-state index is 13.2. The summed E-state index contributed by atoms with van der Waals surface area (Å²) in [5.74, 6) is -3.34. The molecule has 0 fully saturated rings. The zero-order valence-electron chi connectivity index (χ0n) is 7.87. The van der Waals surface area contributed by atoms with Gasteiger partial charge in [-0.2, -0.15) is 8.78 Å². The third-order valence-electron chi connectivity index (χ3n) is 2.24. The topological polar surface area (TPSA) is 20.2 Å². The smallest absolute Gasteiger partial charge is 0.298 e. The third kappa shape index (κ3) is 1.68. The van der Waals surface area contributed by atoms with Crippen molar-refractivity contribution in [3.8, 4) is 0 Å². The number of hydrogen-bond donors (Lipinski definition) is 1. The SMILES string of the molecule is C=CC(F)(F)C(C)(O)c1ccccc1. The van der Waals surface area contributed by atoms with Crippen molar-refractivity contribution in [2.45, 2.75) is 18.4 Å². The van der Waals surface area contributed by atoms with Crippen molar-refractivity contribution in [2.75, 3.05) is 0 Å². The Labute approximate surface area is 81.7 Å². The lowest BCUT2D eigenvalue weighted by Gasteiger charge is -2.30. The van der Waals surface area contributed by atoms with E-state index in [0.29, 0.717) is 6.08 Å². The van der Waals surface area contributed by atoms with E-state index in [1.165, 1.54) is 12.1 Å². The molecule has 0 aromatic heterocycles. The van der Waals surface area contributed by atoms with Crippen LogP contribution in [0.2, 0.25) is 0 Å². The van der Waals surface area contributed by atoms with E-state index in [4.69, 9.17) is 0 Å². The molecule has 0 aliphatic carbocycles. The lowest BCUT2D eigenvalue weighted by atomic mass is 9.89. The first-order chi connectivity index (χ1) is 6.42. The van der Waals surface area contributed by atoms with E-state index in [0.717, 1.165) is 6.92 Å². The highest BCUT2D eigenvalue weighted by Crippen LogP contribution is 2.37. The Kier molecular flexibility index (Phi) is 2.71. The Bertz CT molecular complexity index is 317. The minimum Gasteiger partial charge on any atom is -0.379 e. The molecule has 0 radical (unpaired) electrons. The first-order valence-electron chi connectivity index (χ1n) is 4.21. The minimum atomic E-state index is -3.34. The first-order valence-corrected chi connectivity index (χ1v) is 4.21. The van der Waals surface area contributed by atoms with Gasteiger partial charge in [0.15, 0.2) is 5.60 Å². The quantitative estimate of drug-likeness (QED) is 0.740. The Hall–Kier alpha value is -1.22. The summed E-state index contributed by atoms with van der Waals surface area (Å²) in [5, 5.41) is 9.69. The minimum absolute atomic E-state index is 0.171. The molecule has 0 amide bonds. The van der Waals surface area contributed by atoms with Crippen LogP contribution < -0.4 is 0 Å². The molecule has 1 aromatic carbocycles. The molecule has 0 aliphatic heterocycles. The lowest BCUT2D eigenvalue weighted by molar-refractivity contribution is -0.144. The molecule has 1 atom stereocenters. The Morgan fingerprint density at radius 1 is 1.29 bits per heavy atom. The molecule has 14 heavy (non-hydrogen) atoms. The van der Waals surface area contributed by atoms with E-state index >= 15 is 0 Å². The number of rotatable bonds is 3. The number of benzene rings is 1. The summed E-state index contributed by atoms with van der Waals surface area (Å²) in [4.78, 5) is 0. The molecule has 0 bridgehead atoms. The van der Waals surface area contributed by atoms with Crippen molar-refractivity contribution in [2.24, 2.45) is 0 Å². The van der Waals surface area contributed by atoms with Gasteiger partial charge >= 0.3 is 0 Å². The molecule has 1 nitrogen and oxygen atoms in total. The van der Waals surface area contributed by atoms with Gasteiger partial charge in [0.2, 0.25) is 0 Å². The lowest BCUT2D eigenvalue weighted by Crippen LogP contribution is -2.41. The second-order valence-corrected chi connectivity index (χ2v) is 3.27. The van der Waals surface area contributed by atoms with Crippen LogP contribution in [0.3, 0.4) is 0 Å². The monoisotopic (exact) mass is 198 g/mol. The van der Waals surface area contributed by atoms with Gasteiger partial charge in [0, 0.05) is 0 Å². The van der Waals surface area contributed by atoms with Crippen LogP contribution in [-0.2, 0) is 5.60 Å². The molecular weight excluding hydrogens is 186 g/mol. The molecule has 1 N–H and O–H groups in total. The van der Waals surface area contributed by atoms with Crippen LogP contribution in [0.25, 0.3) is 0 Å². The fourth-order valence-corrected chi connectivity index (χ4v) is 1.15. The van der Waals surface area contributed by atoms with Gasteiger partial charge in [-0.1, -0.05) is 36.9 Å². The normalized spacial score (nSPS) is 16.0. The second kappa shape index (κ2) is 3.50. The van der Waals surface area contributed by atoms with Gasteiger partial charge in [-0.05, 0) is 18.6 Å². The Morgan fingerprint density at radius 3 is 2.21 bits per heavy atom. The van der Waals surface area contributed by atoms with Crippen LogP contribution in [0.15, 0.2) is 43.0 Å². The molecule has 3 heteroatoms. The van der Waals surface area contributed by atoms with Gasteiger partial charge in [0.05, 0.1) is 0 Å². The first kappa shape index (κ1) is 10.9. The summed E-state index contributed by atoms with van der Waals surface area (Å²) in [6, 6.07) is 7.81. The van der Waals surface area contributed by atoms with E-state index in [-0.39, 0.29) is 5.56 Å². The van der Waals surface area contributed by atoms with Gasteiger partial charge in [0.1, 0.15) is 0 Å². The second-order valence-electron chi connectivity index (χ2n) is 3.27. The maximum Gasteiger partial charge on any atom is 0.298 e. The number of halogens is 2. The van der Waals surface area contributed by atoms with Crippen LogP contribution in [0.1, 0.15) is 12.5 Å². The van der Waals surface area contributed by atoms with Gasteiger partial charge in [0.25, 0.3) is 5.92 Å². The highest BCUT2D eigenvalue weighted by molar-refractivity contribution is 5.26. The summed E-state index contributed by atoms with van der Waals surface area (Å²) in [6.45, 7) is 4.09. The average Bonchev–Trinajstić information content (AvgIpc) is 2.19. The highest BCUT2D eigenvalue weighted by Gasteiger charge is 2.47. The summed E-state index contributed by atoms with van der Waals surface area (Å²) in [5.41, 5.74) is -2.04. The largest absolute Gasteiger partial charge is 0.379 e. The summed E-state index contributed by atoms with van der Waals surface area (Å²) in [7, 11) is 0.